The lowest BCUT2D eigenvalue weighted by atomic mass is 10.2. The zero-order valence-electron chi connectivity index (χ0n) is 16.8. The lowest BCUT2D eigenvalue weighted by Gasteiger charge is -2.36. The molecule has 0 radical (unpaired) electrons. The van der Waals surface area contributed by atoms with Crippen LogP contribution in [0, 0.1) is 6.92 Å². The van der Waals surface area contributed by atoms with Crippen LogP contribution >= 0.6 is 0 Å². The highest BCUT2D eigenvalue weighted by atomic mass is 16.2. The standard InChI is InChI=1S/C23H29N3O2/c1-3-24(18-20-9-5-4-6-10-20)22(27)17-23(28)26-14-12-25(13-15-26)21-11-7-8-19(2)16-21/h4-11,16H,3,12-15,17-18H2,1-2H3. The van der Waals surface area contributed by atoms with Crippen LogP contribution in [0.15, 0.2) is 54.6 Å². The van der Waals surface area contributed by atoms with Crippen LogP contribution in [0.4, 0.5) is 5.69 Å². The zero-order chi connectivity index (χ0) is 19.9. The molecule has 1 aliphatic rings. The summed E-state index contributed by atoms with van der Waals surface area (Å²) in [6.07, 6.45) is -0.0505. The smallest absolute Gasteiger partial charge is 0.232 e. The fraction of sp³-hybridized carbons (Fsp3) is 0.391. The largest absolute Gasteiger partial charge is 0.368 e. The molecule has 0 spiro atoms. The van der Waals surface area contributed by atoms with Crippen molar-refractivity contribution in [2.45, 2.75) is 26.8 Å². The summed E-state index contributed by atoms with van der Waals surface area (Å²) in [6.45, 7) is 8.09. The molecule has 1 fully saturated rings. The molecule has 2 aromatic carbocycles. The Morgan fingerprint density at radius 2 is 1.68 bits per heavy atom. The molecular weight excluding hydrogens is 350 g/mol. The van der Waals surface area contributed by atoms with Crippen LogP contribution in [0.5, 0.6) is 0 Å². The number of piperazine rings is 1. The minimum Gasteiger partial charge on any atom is -0.368 e. The number of hydrogen-bond donors (Lipinski definition) is 0. The molecule has 28 heavy (non-hydrogen) atoms. The van der Waals surface area contributed by atoms with Gasteiger partial charge in [0.1, 0.15) is 6.42 Å². The van der Waals surface area contributed by atoms with Crippen LogP contribution < -0.4 is 4.90 Å². The summed E-state index contributed by atoms with van der Waals surface area (Å²) >= 11 is 0. The Kier molecular flexibility index (Phi) is 6.69. The summed E-state index contributed by atoms with van der Waals surface area (Å²) in [5, 5.41) is 0. The van der Waals surface area contributed by atoms with Gasteiger partial charge in [-0.1, -0.05) is 42.5 Å². The van der Waals surface area contributed by atoms with Gasteiger partial charge in [-0.3, -0.25) is 9.59 Å². The van der Waals surface area contributed by atoms with Crippen molar-refractivity contribution < 1.29 is 9.59 Å². The van der Waals surface area contributed by atoms with Crippen LogP contribution in [-0.4, -0.2) is 54.3 Å². The molecule has 1 aliphatic heterocycles. The topological polar surface area (TPSA) is 43.9 Å². The molecule has 0 N–H and O–H groups in total. The van der Waals surface area contributed by atoms with Crippen molar-refractivity contribution in [3.05, 3.63) is 65.7 Å². The molecule has 148 valence electrons. The van der Waals surface area contributed by atoms with Crippen molar-refractivity contribution >= 4 is 17.5 Å². The Balaban J connectivity index is 1.51. The summed E-state index contributed by atoms with van der Waals surface area (Å²) in [5.41, 5.74) is 3.51. The third kappa shape index (κ3) is 5.12. The number of carbonyl (C=O) groups excluding carboxylic acids is 2. The van der Waals surface area contributed by atoms with E-state index in [4.69, 9.17) is 0 Å². The fourth-order valence-corrected chi connectivity index (χ4v) is 3.57. The third-order valence-corrected chi connectivity index (χ3v) is 5.25. The van der Waals surface area contributed by atoms with Crippen molar-refractivity contribution in [3.8, 4) is 0 Å². The van der Waals surface area contributed by atoms with E-state index in [-0.39, 0.29) is 18.2 Å². The molecule has 0 unspecified atom stereocenters. The van der Waals surface area contributed by atoms with Crippen LogP contribution in [0.1, 0.15) is 24.5 Å². The third-order valence-electron chi connectivity index (χ3n) is 5.25. The summed E-state index contributed by atoms with van der Waals surface area (Å²) in [7, 11) is 0. The highest BCUT2D eigenvalue weighted by Crippen LogP contribution is 2.18. The van der Waals surface area contributed by atoms with E-state index in [1.165, 1.54) is 11.3 Å². The summed E-state index contributed by atoms with van der Waals surface area (Å²) in [4.78, 5) is 31.1. The van der Waals surface area contributed by atoms with Crippen LogP contribution in [0.25, 0.3) is 0 Å². The summed E-state index contributed by atoms with van der Waals surface area (Å²) in [5.74, 6) is -0.169. The van der Waals surface area contributed by atoms with Gasteiger partial charge in [0.15, 0.2) is 0 Å². The predicted octanol–water partition coefficient (Wildman–Crippen LogP) is 3.08. The van der Waals surface area contributed by atoms with E-state index in [1.807, 2.05) is 42.2 Å². The molecule has 3 rings (SSSR count). The monoisotopic (exact) mass is 379 g/mol. The molecule has 0 atom stereocenters. The highest BCUT2D eigenvalue weighted by Gasteiger charge is 2.24. The Morgan fingerprint density at radius 1 is 0.964 bits per heavy atom. The lowest BCUT2D eigenvalue weighted by molar-refractivity contribution is -0.141. The molecule has 0 saturated carbocycles. The summed E-state index contributed by atoms with van der Waals surface area (Å²) in [6, 6.07) is 18.3. The van der Waals surface area contributed by atoms with Gasteiger partial charge in [0.25, 0.3) is 0 Å². The van der Waals surface area contributed by atoms with E-state index >= 15 is 0 Å². The van der Waals surface area contributed by atoms with E-state index in [9.17, 15) is 9.59 Å². The van der Waals surface area contributed by atoms with Crippen molar-refractivity contribution in [3.63, 3.8) is 0 Å². The SMILES string of the molecule is CCN(Cc1ccccc1)C(=O)CC(=O)N1CCN(c2cccc(C)c2)CC1. The Hall–Kier alpha value is -2.82. The van der Waals surface area contributed by atoms with E-state index < -0.39 is 0 Å². The number of hydrogen-bond acceptors (Lipinski definition) is 3. The van der Waals surface area contributed by atoms with Gasteiger partial charge in [0.2, 0.25) is 11.8 Å². The van der Waals surface area contributed by atoms with Crippen molar-refractivity contribution in [1.82, 2.24) is 9.80 Å². The average molecular weight is 380 g/mol. The molecule has 1 saturated heterocycles. The second-order valence-corrected chi connectivity index (χ2v) is 7.28. The summed E-state index contributed by atoms with van der Waals surface area (Å²) < 4.78 is 0. The highest BCUT2D eigenvalue weighted by molar-refractivity contribution is 5.97. The van der Waals surface area contributed by atoms with Gasteiger partial charge in [-0.2, -0.15) is 0 Å². The molecule has 2 amide bonds. The lowest BCUT2D eigenvalue weighted by Crippen LogP contribution is -2.49. The number of aryl methyl sites for hydroxylation is 1. The first kappa shape index (κ1) is 19.9. The van der Waals surface area contributed by atoms with E-state index in [2.05, 4.69) is 36.1 Å². The van der Waals surface area contributed by atoms with E-state index in [0.717, 1.165) is 18.7 Å². The van der Waals surface area contributed by atoms with E-state index in [0.29, 0.717) is 26.2 Å². The first-order chi connectivity index (χ1) is 13.6. The van der Waals surface area contributed by atoms with E-state index in [1.54, 1.807) is 4.90 Å². The van der Waals surface area contributed by atoms with Crippen molar-refractivity contribution in [2.75, 3.05) is 37.6 Å². The molecule has 2 aromatic rings. The maximum Gasteiger partial charge on any atom is 0.232 e. The second kappa shape index (κ2) is 9.40. The quantitative estimate of drug-likeness (QED) is 0.725. The van der Waals surface area contributed by atoms with Gasteiger partial charge in [0.05, 0.1) is 0 Å². The maximum absolute atomic E-state index is 12.6. The Labute approximate surface area is 167 Å². The minimum atomic E-state index is -0.0996. The van der Waals surface area contributed by atoms with Crippen molar-refractivity contribution in [1.29, 1.82) is 0 Å². The fourth-order valence-electron chi connectivity index (χ4n) is 3.57. The molecule has 5 nitrogen and oxygen atoms in total. The van der Waals surface area contributed by atoms with Crippen LogP contribution in [0.2, 0.25) is 0 Å². The maximum atomic E-state index is 12.6. The second-order valence-electron chi connectivity index (χ2n) is 7.28. The number of nitrogens with zero attached hydrogens (tertiary/aromatic N) is 3. The molecule has 0 aromatic heterocycles. The number of anilines is 1. The number of carbonyl (C=O) groups is 2. The molecule has 5 heteroatoms. The van der Waals surface area contributed by atoms with Gasteiger partial charge in [-0.05, 0) is 37.1 Å². The molecule has 0 aliphatic carbocycles. The molecule has 1 heterocycles. The van der Waals surface area contributed by atoms with Crippen LogP contribution in [-0.2, 0) is 16.1 Å². The minimum absolute atomic E-state index is 0.0505. The van der Waals surface area contributed by atoms with Crippen molar-refractivity contribution in [2.24, 2.45) is 0 Å². The van der Waals surface area contributed by atoms with Gasteiger partial charge < -0.3 is 14.7 Å². The van der Waals surface area contributed by atoms with Gasteiger partial charge in [-0.25, -0.2) is 0 Å². The van der Waals surface area contributed by atoms with Gasteiger partial charge in [0, 0.05) is 45.0 Å². The van der Waals surface area contributed by atoms with Gasteiger partial charge in [-0.15, -0.1) is 0 Å². The molecular formula is C23H29N3O2. The predicted molar refractivity (Wildman–Crippen MR) is 112 cm³/mol. The Morgan fingerprint density at radius 3 is 2.32 bits per heavy atom. The molecule has 0 bridgehead atoms. The number of amides is 2. The number of benzene rings is 2. The number of rotatable bonds is 6. The normalized spacial score (nSPS) is 14.1. The average Bonchev–Trinajstić information content (AvgIpc) is 2.72. The van der Waals surface area contributed by atoms with Gasteiger partial charge >= 0.3 is 0 Å². The first-order valence-corrected chi connectivity index (χ1v) is 9.98. The Bertz CT molecular complexity index is 799. The van der Waals surface area contributed by atoms with Crippen LogP contribution in [0.3, 0.4) is 0 Å². The first-order valence-electron chi connectivity index (χ1n) is 9.98. The zero-order valence-corrected chi connectivity index (χ0v) is 16.8.